The molecule has 0 saturated heterocycles. The normalized spacial score (nSPS) is 9.38. The van der Waals surface area contributed by atoms with E-state index in [0.29, 0.717) is 0 Å². The van der Waals surface area contributed by atoms with Gasteiger partial charge in [0.25, 0.3) is 0 Å². The van der Waals surface area contributed by atoms with Gasteiger partial charge in [0.2, 0.25) is 0 Å². The summed E-state index contributed by atoms with van der Waals surface area (Å²) in [4.78, 5) is 36.6. The van der Waals surface area contributed by atoms with Crippen molar-refractivity contribution in [1.82, 2.24) is 19.2 Å². The van der Waals surface area contributed by atoms with Crippen LogP contribution in [0.3, 0.4) is 0 Å². The molecule has 21 heavy (non-hydrogen) atoms. The molecule has 13 heteroatoms. The molecule has 1 amide bonds. The average Bonchev–Trinajstić information content (AvgIpc) is 3.00. The Balaban J connectivity index is 0.000000235. The third-order valence-corrected chi connectivity index (χ3v) is 1.98. The van der Waals surface area contributed by atoms with Crippen LogP contribution in [-0.4, -0.2) is 35.3 Å². The Morgan fingerprint density at radius 3 is 2.43 bits per heavy atom. The first-order valence-corrected chi connectivity index (χ1v) is 5.09. The van der Waals surface area contributed by atoms with Crippen molar-refractivity contribution in [1.29, 1.82) is 0 Å². The van der Waals surface area contributed by atoms with Crippen molar-refractivity contribution in [2.24, 2.45) is 12.8 Å². The monoisotopic (exact) mass is 299 g/mol. The molecule has 2 aromatic rings. The van der Waals surface area contributed by atoms with Gasteiger partial charge in [0.15, 0.2) is 11.4 Å². The molecule has 0 atom stereocenters. The highest BCUT2D eigenvalue weighted by Gasteiger charge is 2.18. The van der Waals surface area contributed by atoms with E-state index in [1.54, 1.807) is 0 Å². The molecule has 0 fully saturated rings. The van der Waals surface area contributed by atoms with Gasteiger partial charge in [-0.25, -0.2) is 19.9 Å². The predicted octanol–water partition coefficient (Wildman–Crippen LogP) is -0.291. The van der Waals surface area contributed by atoms with Crippen molar-refractivity contribution in [2.45, 2.75) is 0 Å². The number of hydrogen-bond acceptors (Lipinski definition) is 8. The maximum Gasteiger partial charge on any atom is 0.413 e. The SMILES string of the molecule is Cn1c([N+](=O)[O-])cnc1OC(N)=O.O=[N+]([O-])n1ccnc1. The minimum absolute atomic E-state index is 0.209. The van der Waals surface area contributed by atoms with Crippen molar-refractivity contribution < 1.29 is 19.5 Å². The Labute approximate surface area is 115 Å². The number of rotatable bonds is 3. The smallest absolute Gasteiger partial charge is 0.358 e. The van der Waals surface area contributed by atoms with Crippen molar-refractivity contribution in [3.63, 3.8) is 0 Å². The summed E-state index contributed by atoms with van der Waals surface area (Å²) in [7, 11) is 1.34. The van der Waals surface area contributed by atoms with Gasteiger partial charge in [0.1, 0.15) is 6.20 Å². The molecule has 0 aliphatic heterocycles. The van der Waals surface area contributed by atoms with Gasteiger partial charge in [-0.05, 0) is 4.92 Å². The molecule has 0 radical (unpaired) electrons. The van der Waals surface area contributed by atoms with Gasteiger partial charge in [-0.1, -0.05) is 4.68 Å². The molecule has 0 unspecified atom stereocenters. The first-order chi connectivity index (χ1) is 9.82. The summed E-state index contributed by atoms with van der Waals surface area (Å²) in [6, 6.07) is -0.209. The Hall–Kier alpha value is -3.51. The fourth-order valence-corrected chi connectivity index (χ4v) is 1.09. The molecule has 0 aromatic carbocycles. The molecule has 2 rings (SSSR count). The number of aromatic nitrogens is 4. The Bertz CT molecular complexity index is 648. The van der Waals surface area contributed by atoms with Crippen LogP contribution in [-0.2, 0) is 7.05 Å². The van der Waals surface area contributed by atoms with E-state index in [9.17, 15) is 25.0 Å². The van der Waals surface area contributed by atoms with Crippen LogP contribution in [0.2, 0.25) is 0 Å². The third kappa shape index (κ3) is 4.27. The molecule has 0 spiro atoms. The Morgan fingerprint density at radius 2 is 2.10 bits per heavy atom. The summed E-state index contributed by atoms with van der Waals surface area (Å²) in [5.41, 5.74) is 4.69. The molecular formula is C8H9N7O6. The van der Waals surface area contributed by atoms with Gasteiger partial charge in [-0.15, -0.1) is 0 Å². The van der Waals surface area contributed by atoms with Crippen LogP contribution in [0, 0.1) is 20.2 Å². The Morgan fingerprint density at radius 1 is 1.43 bits per heavy atom. The minimum Gasteiger partial charge on any atom is -0.358 e. The lowest BCUT2D eigenvalue weighted by molar-refractivity contribution is -0.542. The van der Waals surface area contributed by atoms with Crippen LogP contribution in [0.4, 0.5) is 10.6 Å². The minimum atomic E-state index is -1.07. The molecular weight excluding hydrogens is 290 g/mol. The number of carbonyl (C=O) groups excluding carboxylic acids is 1. The van der Waals surface area contributed by atoms with E-state index in [1.165, 1.54) is 19.4 Å². The van der Waals surface area contributed by atoms with E-state index in [2.05, 4.69) is 14.7 Å². The van der Waals surface area contributed by atoms with Gasteiger partial charge in [0, 0.05) is 0 Å². The Kier molecular flexibility index (Phi) is 4.88. The van der Waals surface area contributed by atoms with E-state index < -0.39 is 16.0 Å². The van der Waals surface area contributed by atoms with Gasteiger partial charge < -0.3 is 20.6 Å². The number of carbonyl (C=O) groups is 1. The van der Waals surface area contributed by atoms with E-state index in [-0.39, 0.29) is 11.8 Å². The molecule has 0 bridgehead atoms. The highest BCUT2D eigenvalue weighted by molar-refractivity contribution is 5.67. The van der Waals surface area contributed by atoms with Crippen LogP contribution in [0.1, 0.15) is 0 Å². The third-order valence-electron chi connectivity index (χ3n) is 1.98. The molecule has 0 saturated carbocycles. The van der Waals surface area contributed by atoms with Gasteiger partial charge in [-0.3, -0.25) is 0 Å². The summed E-state index contributed by atoms with van der Waals surface area (Å²) in [6.45, 7) is 0. The first kappa shape index (κ1) is 15.5. The van der Waals surface area contributed by atoms with Crippen LogP contribution >= 0.6 is 0 Å². The highest BCUT2D eigenvalue weighted by Crippen LogP contribution is 2.16. The quantitative estimate of drug-likeness (QED) is 0.593. The number of primary amides is 1. The zero-order valence-electron chi connectivity index (χ0n) is 10.5. The zero-order valence-corrected chi connectivity index (χ0v) is 10.5. The second-order valence-electron chi connectivity index (χ2n) is 3.32. The molecule has 2 N–H and O–H groups in total. The zero-order chi connectivity index (χ0) is 16.0. The summed E-state index contributed by atoms with van der Waals surface area (Å²) in [5.74, 6) is -0.281. The fraction of sp³-hybridized carbons (Fsp3) is 0.125. The number of amides is 1. The predicted molar refractivity (Wildman–Crippen MR) is 64.7 cm³/mol. The van der Waals surface area contributed by atoms with Crippen LogP contribution in [0.15, 0.2) is 24.9 Å². The second kappa shape index (κ2) is 6.60. The molecule has 112 valence electrons. The molecule has 0 aliphatic rings. The summed E-state index contributed by atoms with van der Waals surface area (Å²) in [5, 5.41) is 19.5. The van der Waals surface area contributed by atoms with Gasteiger partial charge in [0.05, 0.1) is 19.4 Å². The number of nitrogens with zero attached hydrogens (tertiary/aromatic N) is 6. The lowest BCUT2D eigenvalue weighted by Crippen LogP contribution is -2.18. The molecule has 2 aromatic heterocycles. The summed E-state index contributed by atoms with van der Waals surface area (Å²) in [6.07, 6.45) is 3.64. The lowest BCUT2D eigenvalue weighted by Gasteiger charge is -1.96. The van der Waals surface area contributed by atoms with Crippen molar-refractivity contribution in [2.75, 3.05) is 0 Å². The number of nitrogens with two attached hydrogens (primary N) is 1. The summed E-state index contributed by atoms with van der Waals surface area (Å²) >= 11 is 0. The lowest BCUT2D eigenvalue weighted by atomic mass is 10.7. The second-order valence-corrected chi connectivity index (χ2v) is 3.32. The standard InChI is InChI=1S/C5H6N4O4.C3H3N3O2/c1-8-3(9(11)12)2-7-5(8)13-4(6)10;7-6(8)5-2-1-4-3-5/h2H,1H3,(H2,6,10);1-3H. The molecule has 2 heterocycles. The van der Waals surface area contributed by atoms with E-state index in [4.69, 9.17) is 5.73 Å². The topological polar surface area (TPSA) is 174 Å². The van der Waals surface area contributed by atoms with Crippen LogP contribution < -0.4 is 10.5 Å². The first-order valence-electron chi connectivity index (χ1n) is 5.09. The maximum absolute atomic E-state index is 10.3. The summed E-state index contributed by atoms with van der Waals surface area (Å²) < 4.78 is 6.14. The average molecular weight is 299 g/mol. The van der Waals surface area contributed by atoms with E-state index >= 15 is 0 Å². The number of nitro groups is 2. The van der Waals surface area contributed by atoms with Crippen molar-refractivity contribution in [3.8, 4) is 6.01 Å². The van der Waals surface area contributed by atoms with Crippen molar-refractivity contribution >= 4 is 11.9 Å². The van der Waals surface area contributed by atoms with E-state index in [1.807, 2.05) is 0 Å². The molecule has 0 aliphatic carbocycles. The number of hydrogen-bond donors (Lipinski definition) is 1. The van der Waals surface area contributed by atoms with Gasteiger partial charge >= 0.3 is 17.9 Å². The van der Waals surface area contributed by atoms with E-state index in [0.717, 1.165) is 21.8 Å². The highest BCUT2D eigenvalue weighted by atomic mass is 16.7. The van der Waals surface area contributed by atoms with Crippen LogP contribution in [0.25, 0.3) is 0 Å². The van der Waals surface area contributed by atoms with Crippen LogP contribution in [0.5, 0.6) is 6.01 Å². The van der Waals surface area contributed by atoms with Gasteiger partial charge in [-0.2, -0.15) is 9.55 Å². The van der Waals surface area contributed by atoms with Crippen molar-refractivity contribution in [3.05, 3.63) is 45.1 Å². The number of ether oxygens (including phenoxy) is 1. The maximum atomic E-state index is 10.3. The fourth-order valence-electron chi connectivity index (χ4n) is 1.09. The largest absolute Gasteiger partial charge is 0.413 e. The number of imidazole rings is 2. The molecule has 13 nitrogen and oxygen atoms in total.